The van der Waals surface area contributed by atoms with Crippen molar-refractivity contribution in [3.63, 3.8) is 0 Å². The van der Waals surface area contributed by atoms with Crippen LogP contribution in [0.25, 0.3) is 33.3 Å². The molecule has 1 saturated heterocycles. The molecule has 0 amide bonds. The number of piperidine rings is 1. The maximum absolute atomic E-state index is 14.9. The van der Waals surface area contributed by atoms with Gasteiger partial charge in [0, 0.05) is 18.5 Å². The molecule has 4 aromatic rings. The lowest BCUT2D eigenvalue weighted by Crippen LogP contribution is -2.27. The van der Waals surface area contributed by atoms with Gasteiger partial charge in [-0.3, -0.25) is 4.68 Å². The predicted octanol–water partition coefficient (Wildman–Crippen LogP) is 2.89. The number of aryl methyl sites for hydroxylation is 2. The summed E-state index contributed by atoms with van der Waals surface area (Å²) in [4.78, 5) is 9.13. The van der Waals surface area contributed by atoms with E-state index in [1.165, 1.54) is 6.07 Å². The Balaban J connectivity index is 1.59. The number of pyridine rings is 1. The highest BCUT2D eigenvalue weighted by Gasteiger charge is 2.20. The summed E-state index contributed by atoms with van der Waals surface area (Å²) >= 11 is 0. The van der Waals surface area contributed by atoms with E-state index in [2.05, 4.69) is 30.6 Å². The number of aromatic nitrogens is 6. The van der Waals surface area contributed by atoms with Crippen LogP contribution in [-0.2, 0) is 7.05 Å². The number of rotatable bonds is 2. The molecular formula is C20H20FN7. The average molecular weight is 377 g/mol. The van der Waals surface area contributed by atoms with Crippen LogP contribution in [0.1, 0.15) is 30.1 Å². The number of nitrogens with zero attached hydrogens (tertiary/aromatic N) is 6. The van der Waals surface area contributed by atoms with Crippen molar-refractivity contribution in [3.05, 3.63) is 41.6 Å². The topological polar surface area (TPSA) is 81.4 Å². The highest BCUT2D eigenvalue weighted by atomic mass is 19.1. The number of hydrogen-bond acceptors (Lipinski definition) is 6. The summed E-state index contributed by atoms with van der Waals surface area (Å²) < 4.78 is 16.6. The Labute approximate surface area is 161 Å². The third-order valence-corrected chi connectivity index (χ3v) is 5.31. The first-order chi connectivity index (χ1) is 13.6. The van der Waals surface area contributed by atoms with E-state index in [0.29, 0.717) is 22.6 Å². The van der Waals surface area contributed by atoms with E-state index >= 15 is 0 Å². The Morgan fingerprint density at radius 1 is 1.04 bits per heavy atom. The van der Waals surface area contributed by atoms with Gasteiger partial charge >= 0.3 is 0 Å². The van der Waals surface area contributed by atoms with E-state index in [-0.39, 0.29) is 11.4 Å². The van der Waals surface area contributed by atoms with Crippen molar-refractivity contribution in [2.24, 2.45) is 7.05 Å². The summed E-state index contributed by atoms with van der Waals surface area (Å²) in [6.45, 7) is 3.83. The van der Waals surface area contributed by atoms with Crippen LogP contribution < -0.4 is 5.32 Å². The molecule has 0 atom stereocenters. The van der Waals surface area contributed by atoms with Gasteiger partial charge in [0.15, 0.2) is 11.6 Å². The maximum atomic E-state index is 14.9. The monoisotopic (exact) mass is 377 g/mol. The fraction of sp³-hybridized carbons (Fsp3) is 0.350. The first-order valence-electron chi connectivity index (χ1n) is 9.44. The Bertz CT molecular complexity index is 1190. The molecule has 0 radical (unpaired) electrons. The maximum Gasteiger partial charge on any atom is 0.154 e. The van der Waals surface area contributed by atoms with Crippen molar-refractivity contribution in [1.82, 2.24) is 35.3 Å². The minimum absolute atomic E-state index is 0.231. The molecule has 0 bridgehead atoms. The zero-order valence-corrected chi connectivity index (χ0v) is 15.8. The van der Waals surface area contributed by atoms with Gasteiger partial charge in [0.25, 0.3) is 0 Å². The van der Waals surface area contributed by atoms with Crippen molar-refractivity contribution in [3.8, 4) is 11.3 Å². The quantitative estimate of drug-likeness (QED) is 0.578. The lowest BCUT2D eigenvalue weighted by atomic mass is 9.97. The van der Waals surface area contributed by atoms with E-state index < -0.39 is 5.82 Å². The minimum atomic E-state index is -0.400. The molecule has 0 saturated carbocycles. The molecule has 1 fully saturated rings. The molecule has 1 aliphatic heterocycles. The van der Waals surface area contributed by atoms with Gasteiger partial charge < -0.3 is 5.32 Å². The molecule has 5 rings (SSSR count). The van der Waals surface area contributed by atoms with Gasteiger partial charge in [-0.05, 0) is 56.6 Å². The first-order valence-corrected chi connectivity index (χ1v) is 9.44. The van der Waals surface area contributed by atoms with Crippen molar-refractivity contribution in [2.75, 3.05) is 13.1 Å². The summed E-state index contributed by atoms with van der Waals surface area (Å²) in [5.41, 5.74) is 4.67. The predicted molar refractivity (Wildman–Crippen MR) is 104 cm³/mol. The molecule has 0 aliphatic carbocycles. The number of fused-ring (bicyclic) bond motifs is 2. The van der Waals surface area contributed by atoms with Crippen LogP contribution in [0, 0.1) is 12.7 Å². The first kappa shape index (κ1) is 17.1. The lowest BCUT2D eigenvalue weighted by molar-refractivity contribution is 0.442. The van der Waals surface area contributed by atoms with Crippen LogP contribution in [0.5, 0.6) is 0 Å². The second-order valence-corrected chi connectivity index (χ2v) is 7.38. The Morgan fingerprint density at radius 3 is 2.68 bits per heavy atom. The summed E-state index contributed by atoms with van der Waals surface area (Å²) in [7, 11) is 1.86. The van der Waals surface area contributed by atoms with Crippen molar-refractivity contribution in [2.45, 2.75) is 25.7 Å². The van der Waals surface area contributed by atoms with Crippen LogP contribution in [0.2, 0.25) is 0 Å². The minimum Gasteiger partial charge on any atom is -0.317 e. The van der Waals surface area contributed by atoms with Crippen molar-refractivity contribution < 1.29 is 4.39 Å². The highest BCUT2D eigenvalue weighted by molar-refractivity contribution is 5.84. The summed E-state index contributed by atoms with van der Waals surface area (Å²) in [6.07, 6.45) is 3.75. The van der Waals surface area contributed by atoms with Gasteiger partial charge in [0.2, 0.25) is 0 Å². The fourth-order valence-electron chi connectivity index (χ4n) is 3.84. The third kappa shape index (κ3) is 2.90. The van der Waals surface area contributed by atoms with Gasteiger partial charge in [-0.15, -0.1) is 10.2 Å². The second-order valence-electron chi connectivity index (χ2n) is 7.38. The fourth-order valence-corrected chi connectivity index (χ4v) is 3.84. The number of hydrogen-bond donors (Lipinski definition) is 1. The largest absolute Gasteiger partial charge is 0.317 e. The van der Waals surface area contributed by atoms with Crippen molar-refractivity contribution in [1.29, 1.82) is 0 Å². The number of nitrogens with one attached hydrogen (secondary N) is 1. The zero-order chi connectivity index (χ0) is 19.3. The summed E-state index contributed by atoms with van der Waals surface area (Å²) in [5.74, 6) is 0.462. The van der Waals surface area contributed by atoms with Crippen LogP contribution in [0.15, 0.2) is 24.4 Å². The SMILES string of the molecule is Cc1cc(-c2cc(F)c3nc(C4CCNCC4)nnc3c2)nc2cn(C)nc12. The van der Waals surface area contributed by atoms with Crippen LogP contribution in [0.4, 0.5) is 4.39 Å². The van der Waals surface area contributed by atoms with E-state index in [9.17, 15) is 4.39 Å². The van der Waals surface area contributed by atoms with Gasteiger partial charge in [-0.25, -0.2) is 14.4 Å². The molecule has 0 spiro atoms. The Kier molecular flexibility index (Phi) is 4.01. The van der Waals surface area contributed by atoms with Gasteiger partial charge in [0.05, 0.1) is 11.9 Å². The molecule has 142 valence electrons. The molecule has 8 heteroatoms. The van der Waals surface area contributed by atoms with Crippen molar-refractivity contribution >= 4 is 22.1 Å². The van der Waals surface area contributed by atoms with E-state index in [0.717, 1.165) is 42.5 Å². The molecule has 1 N–H and O–H groups in total. The Hall–Kier alpha value is -3.00. The van der Waals surface area contributed by atoms with E-state index in [4.69, 9.17) is 0 Å². The zero-order valence-electron chi connectivity index (χ0n) is 15.8. The van der Waals surface area contributed by atoms with Crippen LogP contribution in [0.3, 0.4) is 0 Å². The molecule has 4 heterocycles. The van der Waals surface area contributed by atoms with Gasteiger partial charge in [0.1, 0.15) is 22.1 Å². The van der Waals surface area contributed by atoms with Crippen LogP contribution >= 0.6 is 0 Å². The normalized spacial score (nSPS) is 15.5. The van der Waals surface area contributed by atoms with Gasteiger partial charge in [-0.2, -0.15) is 5.10 Å². The average Bonchev–Trinajstić information content (AvgIpc) is 3.09. The molecule has 1 aliphatic rings. The van der Waals surface area contributed by atoms with Crippen LogP contribution in [-0.4, -0.2) is 43.0 Å². The smallest absolute Gasteiger partial charge is 0.154 e. The molecule has 28 heavy (non-hydrogen) atoms. The number of benzene rings is 1. The van der Waals surface area contributed by atoms with E-state index in [1.54, 1.807) is 10.7 Å². The third-order valence-electron chi connectivity index (χ3n) is 5.31. The second kappa shape index (κ2) is 6.56. The molecule has 7 nitrogen and oxygen atoms in total. The Morgan fingerprint density at radius 2 is 1.86 bits per heavy atom. The molecule has 0 unspecified atom stereocenters. The highest BCUT2D eigenvalue weighted by Crippen LogP contribution is 2.28. The summed E-state index contributed by atoms with van der Waals surface area (Å²) in [6, 6.07) is 5.20. The number of halogens is 1. The van der Waals surface area contributed by atoms with Gasteiger partial charge in [-0.1, -0.05) is 0 Å². The molecule has 1 aromatic carbocycles. The standard InChI is InChI=1S/C20H20FN7/c1-11-7-15(23-17-10-28(2)27-18(11)17)13-8-14(21)19-16(9-13)25-26-20(24-19)12-3-5-22-6-4-12/h7-10,12,22H,3-6H2,1-2H3. The molecular weight excluding hydrogens is 357 g/mol. The van der Waals surface area contributed by atoms with E-state index in [1.807, 2.05) is 26.2 Å². The molecule has 3 aromatic heterocycles. The summed E-state index contributed by atoms with van der Waals surface area (Å²) in [5, 5.41) is 16.3. The lowest BCUT2D eigenvalue weighted by Gasteiger charge is -2.20.